The van der Waals surface area contributed by atoms with E-state index in [4.69, 9.17) is 0 Å². The van der Waals surface area contributed by atoms with Gasteiger partial charge in [-0.2, -0.15) is 0 Å². The first-order chi connectivity index (χ1) is 12.8. The standard InChI is InChI=1S/C19H35N7.HI/c1-3-25-13-8-9-16(25)15-22-19(20-2)21-12-7-11-18-24-23-17-10-5-4-6-14-26(17)18;/h16H,3-15H2,1-2H3,(H2,20,21,22);1H. The van der Waals surface area contributed by atoms with E-state index in [1.165, 1.54) is 44.5 Å². The highest BCUT2D eigenvalue weighted by atomic mass is 127. The molecule has 3 rings (SSSR count). The molecule has 1 saturated heterocycles. The average Bonchev–Trinajstić information content (AvgIpc) is 3.21. The summed E-state index contributed by atoms with van der Waals surface area (Å²) in [5.74, 6) is 3.24. The number of nitrogens with one attached hydrogen (secondary N) is 2. The first-order valence-electron chi connectivity index (χ1n) is 10.4. The SMILES string of the molecule is CCN1CCCC1CNC(=NC)NCCCc1nnc2n1CCCCC2.I. The maximum Gasteiger partial charge on any atom is 0.191 e. The van der Waals surface area contributed by atoms with E-state index < -0.39 is 0 Å². The Morgan fingerprint density at radius 2 is 2.04 bits per heavy atom. The summed E-state index contributed by atoms with van der Waals surface area (Å²) in [7, 11) is 1.85. The number of aliphatic imine (C=N–C) groups is 1. The highest BCUT2D eigenvalue weighted by Crippen LogP contribution is 2.16. The van der Waals surface area contributed by atoms with E-state index in [2.05, 4.69) is 42.2 Å². The fraction of sp³-hybridized carbons (Fsp3) is 0.842. The molecule has 0 spiro atoms. The monoisotopic (exact) mass is 489 g/mol. The van der Waals surface area contributed by atoms with Gasteiger partial charge >= 0.3 is 0 Å². The minimum atomic E-state index is 0. The van der Waals surface area contributed by atoms with E-state index in [9.17, 15) is 0 Å². The highest BCUT2D eigenvalue weighted by Gasteiger charge is 2.22. The zero-order chi connectivity index (χ0) is 18.2. The molecule has 0 aliphatic carbocycles. The number of rotatable bonds is 7. The molecule has 1 aromatic rings. The van der Waals surface area contributed by atoms with Gasteiger partial charge in [-0.05, 0) is 45.2 Å². The molecule has 1 atom stereocenters. The fourth-order valence-electron chi connectivity index (χ4n) is 4.16. The Hall–Kier alpha value is -0.900. The molecule has 2 aliphatic rings. The molecule has 3 heterocycles. The number of likely N-dealkylation sites (N-methyl/N-ethyl adjacent to an activating group) is 1. The zero-order valence-electron chi connectivity index (χ0n) is 16.9. The van der Waals surface area contributed by atoms with Crippen LogP contribution in [-0.2, 0) is 19.4 Å². The lowest BCUT2D eigenvalue weighted by atomic mass is 10.2. The van der Waals surface area contributed by atoms with Gasteiger partial charge in [0, 0.05) is 45.6 Å². The second-order valence-electron chi connectivity index (χ2n) is 7.40. The lowest BCUT2D eigenvalue weighted by Crippen LogP contribution is -2.45. The predicted molar refractivity (Wildman–Crippen MR) is 121 cm³/mol. The van der Waals surface area contributed by atoms with Crippen LogP contribution in [0.5, 0.6) is 0 Å². The Bertz CT molecular complexity index is 587. The molecule has 8 heteroatoms. The topological polar surface area (TPSA) is 70.4 Å². The molecule has 7 nitrogen and oxygen atoms in total. The number of likely N-dealkylation sites (tertiary alicyclic amines) is 1. The molecule has 1 unspecified atom stereocenters. The summed E-state index contributed by atoms with van der Waals surface area (Å²) in [5.41, 5.74) is 0. The van der Waals surface area contributed by atoms with Crippen LogP contribution in [0.25, 0.3) is 0 Å². The van der Waals surface area contributed by atoms with Crippen molar-refractivity contribution < 1.29 is 0 Å². The van der Waals surface area contributed by atoms with Crippen LogP contribution in [0, 0.1) is 0 Å². The van der Waals surface area contributed by atoms with E-state index in [0.717, 1.165) is 57.2 Å². The summed E-state index contributed by atoms with van der Waals surface area (Å²) in [5, 5.41) is 15.7. The number of aryl methyl sites for hydroxylation is 2. The molecule has 1 aromatic heterocycles. The van der Waals surface area contributed by atoms with E-state index in [1.807, 2.05) is 7.05 Å². The third-order valence-electron chi connectivity index (χ3n) is 5.69. The summed E-state index contributed by atoms with van der Waals surface area (Å²) < 4.78 is 2.35. The third kappa shape index (κ3) is 6.30. The van der Waals surface area contributed by atoms with Crippen molar-refractivity contribution >= 4 is 29.9 Å². The van der Waals surface area contributed by atoms with Crippen molar-refractivity contribution in [2.45, 2.75) is 70.9 Å². The molecule has 0 amide bonds. The second kappa shape index (κ2) is 11.8. The maximum atomic E-state index is 4.42. The fourth-order valence-corrected chi connectivity index (χ4v) is 4.16. The summed E-state index contributed by atoms with van der Waals surface area (Å²) >= 11 is 0. The van der Waals surface area contributed by atoms with Crippen LogP contribution in [0.1, 0.15) is 57.1 Å². The van der Waals surface area contributed by atoms with Gasteiger partial charge in [-0.15, -0.1) is 34.2 Å². The highest BCUT2D eigenvalue weighted by molar-refractivity contribution is 14.0. The van der Waals surface area contributed by atoms with Gasteiger partial charge in [-0.25, -0.2) is 0 Å². The number of halogens is 1. The van der Waals surface area contributed by atoms with E-state index in [-0.39, 0.29) is 24.0 Å². The maximum absolute atomic E-state index is 4.42. The molecule has 1 fully saturated rings. The van der Waals surface area contributed by atoms with E-state index in [1.54, 1.807) is 0 Å². The number of aromatic nitrogens is 3. The molecule has 2 aliphatic heterocycles. The minimum absolute atomic E-state index is 0. The van der Waals surface area contributed by atoms with Crippen LogP contribution in [0.15, 0.2) is 4.99 Å². The molecule has 0 bridgehead atoms. The predicted octanol–water partition coefficient (Wildman–Crippen LogP) is 2.20. The summed E-state index contributed by atoms with van der Waals surface area (Å²) in [4.78, 5) is 6.91. The van der Waals surface area contributed by atoms with Gasteiger partial charge in [-0.1, -0.05) is 13.3 Å². The number of fused-ring (bicyclic) bond motifs is 1. The van der Waals surface area contributed by atoms with Gasteiger partial charge in [0.25, 0.3) is 0 Å². The molecule has 0 saturated carbocycles. The van der Waals surface area contributed by atoms with E-state index in [0.29, 0.717) is 6.04 Å². The molecule has 0 radical (unpaired) electrons. The van der Waals surface area contributed by atoms with Gasteiger partial charge in [0.05, 0.1) is 0 Å². The van der Waals surface area contributed by atoms with Gasteiger partial charge in [0.2, 0.25) is 0 Å². The molecular weight excluding hydrogens is 453 g/mol. The van der Waals surface area contributed by atoms with Crippen molar-refractivity contribution in [2.24, 2.45) is 4.99 Å². The molecule has 0 aromatic carbocycles. The Balaban J connectivity index is 0.00000261. The first-order valence-corrected chi connectivity index (χ1v) is 10.4. The number of guanidine groups is 1. The van der Waals surface area contributed by atoms with Crippen LogP contribution in [0.3, 0.4) is 0 Å². The second-order valence-corrected chi connectivity index (χ2v) is 7.40. The van der Waals surface area contributed by atoms with Gasteiger partial charge in [0.1, 0.15) is 11.6 Å². The van der Waals surface area contributed by atoms with Crippen LogP contribution in [-0.4, -0.2) is 64.9 Å². The molecular formula is C19H36IN7. The van der Waals surface area contributed by atoms with Crippen LogP contribution in [0.4, 0.5) is 0 Å². The molecule has 154 valence electrons. The first kappa shape index (κ1) is 22.4. The van der Waals surface area contributed by atoms with Crippen molar-refractivity contribution in [3.63, 3.8) is 0 Å². The summed E-state index contributed by atoms with van der Waals surface area (Å²) in [6.07, 6.45) is 9.51. The van der Waals surface area contributed by atoms with Crippen LogP contribution < -0.4 is 10.6 Å². The van der Waals surface area contributed by atoms with Crippen LogP contribution in [0.2, 0.25) is 0 Å². The lowest BCUT2D eigenvalue weighted by molar-refractivity contribution is 0.267. The van der Waals surface area contributed by atoms with Crippen molar-refractivity contribution in [3.8, 4) is 0 Å². The van der Waals surface area contributed by atoms with Crippen LogP contribution >= 0.6 is 24.0 Å². The Morgan fingerprint density at radius 1 is 1.15 bits per heavy atom. The Kier molecular flexibility index (Phi) is 9.81. The van der Waals surface area contributed by atoms with Crippen molar-refractivity contribution in [3.05, 3.63) is 11.6 Å². The van der Waals surface area contributed by atoms with E-state index >= 15 is 0 Å². The third-order valence-corrected chi connectivity index (χ3v) is 5.69. The quantitative estimate of drug-likeness (QED) is 0.266. The number of hydrogen-bond donors (Lipinski definition) is 2. The van der Waals surface area contributed by atoms with Gasteiger partial charge in [-0.3, -0.25) is 9.89 Å². The molecule has 27 heavy (non-hydrogen) atoms. The zero-order valence-corrected chi connectivity index (χ0v) is 19.2. The number of nitrogens with zero attached hydrogens (tertiary/aromatic N) is 5. The van der Waals surface area contributed by atoms with Crippen molar-refractivity contribution in [1.29, 1.82) is 0 Å². The normalized spacial score (nSPS) is 20.7. The van der Waals surface area contributed by atoms with Gasteiger partial charge < -0.3 is 15.2 Å². The number of hydrogen-bond acceptors (Lipinski definition) is 4. The Morgan fingerprint density at radius 3 is 2.85 bits per heavy atom. The minimum Gasteiger partial charge on any atom is -0.356 e. The van der Waals surface area contributed by atoms with Crippen molar-refractivity contribution in [1.82, 2.24) is 30.3 Å². The molecule has 2 N–H and O–H groups in total. The van der Waals surface area contributed by atoms with Gasteiger partial charge in [0.15, 0.2) is 5.96 Å². The summed E-state index contributed by atoms with van der Waals surface area (Å²) in [6, 6.07) is 0.644. The Labute approximate surface area is 180 Å². The summed E-state index contributed by atoms with van der Waals surface area (Å²) in [6.45, 7) is 7.59. The smallest absolute Gasteiger partial charge is 0.191 e. The largest absolute Gasteiger partial charge is 0.356 e. The van der Waals surface area contributed by atoms with Crippen molar-refractivity contribution in [2.75, 3.05) is 33.2 Å². The lowest BCUT2D eigenvalue weighted by Gasteiger charge is -2.24. The average molecular weight is 489 g/mol.